The Kier molecular flexibility index (Phi) is 4.33. The number of nitrogens with zero attached hydrogens (tertiary/aromatic N) is 1. The molecule has 5 fully saturated rings. The highest BCUT2D eigenvalue weighted by Crippen LogP contribution is 2.60. The van der Waals surface area contributed by atoms with Gasteiger partial charge in [-0.05, 0) is 98.7 Å². The van der Waals surface area contributed by atoms with E-state index in [0.29, 0.717) is 17.7 Å². The van der Waals surface area contributed by atoms with Crippen LogP contribution in [0.2, 0.25) is 0 Å². The topological polar surface area (TPSA) is 32.6 Å². The van der Waals surface area contributed by atoms with Crippen LogP contribution in [0.5, 0.6) is 5.75 Å². The van der Waals surface area contributed by atoms with E-state index in [4.69, 9.17) is 4.99 Å². The van der Waals surface area contributed by atoms with Gasteiger partial charge in [-0.25, -0.2) is 0 Å². The molecule has 4 bridgehead atoms. The van der Waals surface area contributed by atoms with Gasteiger partial charge in [-0.15, -0.1) is 0 Å². The lowest BCUT2D eigenvalue weighted by Gasteiger charge is -2.54. The van der Waals surface area contributed by atoms with Crippen molar-refractivity contribution in [1.82, 2.24) is 0 Å². The molecule has 6 rings (SSSR count). The molecule has 5 aliphatic rings. The van der Waals surface area contributed by atoms with Crippen LogP contribution < -0.4 is 0 Å². The number of hydrogen-bond donors (Lipinski definition) is 1. The van der Waals surface area contributed by atoms with Gasteiger partial charge in [0, 0.05) is 17.8 Å². The molecule has 1 aromatic rings. The second-order valence-electron chi connectivity index (χ2n) is 9.82. The molecule has 0 spiro atoms. The van der Waals surface area contributed by atoms with Crippen molar-refractivity contribution < 1.29 is 5.11 Å². The smallest absolute Gasteiger partial charge is 0.127 e. The summed E-state index contributed by atoms with van der Waals surface area (Å²) in [6, 6.07) is 4.87. The third-order valence-electron chi connectivity index (χ3n) is 7.90. The average Bonchev–Trinajstić information content (AvgIpc) is 2.63. The Hall–Kier alpha value is -1.31. The van der Waals surface area contributed by atoms with Crippen LogP contribution in [0.15, 0.2) is 17.1 Å². The van der Waals surface area contributed by atoms with Gasteiger partial charge in [0.2, 0.25) is 0 Å². The first-order chi connectivity index (χ1) is 12.7. The van der Waals surface area contributed by atoms with Crippen LogP contribution in [0.4, 0.5) is 0 Å². The quantitative estimate of drug-likeness (QED) is 0.666. The fourth-order valence-corrected chi connectivity index (χ4v) is 7.04. The molecule has 0 aliphatic heterocycles. The van der Waals surface area contributed by atoms with Crippen LogP contribution >= 0.6 is 0 Å². The standard InChI is InChI=1S/C24H33NO/c1-15-7-20(14-25-21-5-3-2-4-6-21)24(26)22(8-15)23-18-10-16-9-17(12-18)13-19(23)11-16/h7-8,14,16-19,21,23,26H,2-6,9-13H2,1H3. The highest BCUT2D eigenvalue weighted by molar-refractivity contribution is 5.84. The van der Waals surface area contributed by atoms with Crippen molar-refractivity contribution in [1.29, 1.82) is 0 Å². The van der Waals surface area contributed by atoms with E-state index in [9.17, 15) is 5.11 Å². The van der Waals surface area contributed by atoms with Crippen LogP contribution in [-0.4, -0.2) is 17.4 Å². The van der Waals surface area contributed by atoms with Gasteiger partial charge in [0.25, 0.3) is 0 Å². The van der Waals surface area contributed by atoms with Crippen LogP contribution in [0, 0.1) is 30.6 Å². The molecular weight excluding hydrogens is 318 g/mol. The van der Waals surface area contributed by atoms with Crippen LogP contribution in [0.25, 0.3) is 0 Å². The number of aromatic hydroxyl groups is 1. The summed E-state index contributed by atoms with van der Waals surface area (Å²) in [5, 5.41) is 11.1. The molecule has 1 N–H and O–H groups in total. The largest absolute Gasteiger partial charge is 0.507 e. The van der Waals surface area contributed by atoms with E-state index in [2.05, 4.69) is 19.1 Å². The van der Waals surface area contributed by atoms with Crippen LogP contribution in [0.1, 0.15) is 86.8 Å². The van der Waals surface area contributed by atoms with E-state index < -0.39 is 0 Å². The Morgan fingerprint density at radius 3 is 2.23 bits per heavy atom. The van der Waals surface area contributed by atoms with Gasteiger partial charge < -0.3 is 5.11 Å². The third-order valence-corrected chi connectivity index (χ3v) is 7.90. The first-order valence-corrected chi connectivity index (χ1v) is 11.0. The Labute approximate surface area is 158 Å². The zero-order valence-electron chi connectivity index (χ0n) is 16.2. The minimum absolute atomic E-state index is 0.466. The maximum atomic E-state index is 11.1. The highest BCUT2D eigenvalue weighted by Gasteiger charge is 2.49. The molecule has 140 valence electrons. The minimum atomic E-state index is 0.466. The number of aryl methyl sites for hydroxylation is 1. The number of phenols is 1. The van der Waals surface area contributed by atoms with Gasteiger partial charge in [0.15, 0.2) is 0 Å². The van der Waals surface area contributed by atoms with Crippen molar-refractivity contribution in [3.05, 3.63) is 28.8 Å². The molecule has 0 aromatic heterocycles. The van der Waals surface area contributed by atoms with Gasteiger partial charge in [-0.2, -0.15) is 0 Å². The predicted molar refractivity (Wildman–Crippen MR) is 107 cm³/mol. The zero-order valence-corrected chi connectivity index (χ0v) is 16.2. The van der Waals surface area contributed by atoms with Gasteiger partial charge in [0.1, 0.15) is 5.75 Å². The van der Waals surface area contributed by atoms with Crippen molar-refractivity contribution in [3.63, 3.8) is 0 Å². The summed E-state index contributed by atoms with van der Waals surface area (Å²) in [6.07, 6.45) is 15.5. The number of phenolic OH excluding ortho intramolecular Hbond substituents is 1. The van der Waals surface area contributed by atoms with E-state index >= 15 is 0 Å². The number of rotatable bonds is 3. The first-order valence-electron chi connectivity index (χ1n) is 11.0. The lowest BCUT2D eigenvalue weighted by Crippen LogP contribution is -2.43. The molecular formula is C24H33NO. The van der Waals surface area contributed by atoms with Gasteiger partial charge in [-0.1, -0.05) is 25.3 Å². The van der Waals surface area contributed by atoms with E-state index in [1.165, 1.54) is 75.3 Å². The summed E-state index contributed by atoms with van der Waals surface area (Å²) in [6.45, 7) is 2.18. The normalized spacial score (nSPS) is 36.9. The van der Waals surface area contributed by atoms with Crippen molar-refractivity contribution >= 4 is 6.21 Å². The van der Waals surface area contributed by atoms with E-state index in [1.54, 1.807) is 0 Å². The van der Waals surface area contributed by atoms with Crippen molar-refractivity contribution in [2.45, 2.75) is 83.1 Å². The Bertz CT molecular complexity index is 672. The predicted octanol–water partition coefficient (Wildman–Crippen LogP) is 5.99. The van der Waals surface area contributed by atoms with Crippen molar-refractivity contribution in [3.8, 4) is 5.75 Å². The highest BCUT2D eigenvalue weighted by atomic mass is 16.3. The lowest BCUT2D eigenvalue weighted by atomic mass is 9.50. The molecule has 0 amide bonds. The van der Waals surface area contributed by atoms with Gasteiger partial charge in [-0.3, -0.25) is 4.99 Å². The van der Waals surface area contributed by atoms with E-state index in [0.717, 1.165) is 29.2 Å². The van der Waals surface area contributed by atoms with Crippen LogP contribution in [0.3, 0.4) is 0 Å². The molecule has 2 nitrogen and oxygen atoms in total. The monoisotopic (exact) mass is 351 g/mol. The maximum Gasteiger partial charge on any atom is 0.127 e. The first kappa shape index (κ1) is 16.8. The number of benzene rings is 1. The van der Waals surface area contributed by atoms with Crippen LogP contribution in [-0.2, 0) is 0 Å². The second kappa shape index (κ2) is 6.69. The molecule has 1 aromatic carbocycles. The maximum absolute atomic E-state index is 11.1. The van der Waals surface area contributed by atoms with Gasteiger partial charge >= 0.3 is 0 Å². The fraction of sp³-hybridized carbons (Fsp3) is 0.708. The molecule has 0 saturated heterocycles. The summed E-state index contributed by atoms with van der Waals surface area (Å²) in [7, 11) is 0. The Morgan fingerprint density at radius 2 is 1.58 bits per heavy atom. The second-order valence-corrected chi connectivity index (χ2v) is 9.82. The van der Waals surface area contributed by atoms with Crippen molar-refractivity contribution in [2.75, 3.05) is 0 Å². The lowest BCUT2D eigenvalue weighted by molar-refractivity contribution is -0.00349. The van der Waals surface area contributed by atoms with E-state index in [1.807, 2.05) is 6.21 Å². The number of hydrogen-bond acceptors (Lipinski definition) is 2. The Morgan fingerprint density at radius 1 is 0.923 bits per heavy atom. The molecule has 0 heterocycles. The average molecular weight is 352 g/mol. The minimum Gasteiger partial charge on any atom is -0.507 e. The Balaban J connectivity index is 1.44. The SMILES string of the molecule is Cc1cc(C=NC2CCCCC2)c(O)c(C2C3CC4CC(C3)CC2C4)c1. The molecule has 26 heavy (non-hydrogen) atoms. The van der Waals surface area contributed by atoms with Crippen molar-refractivity contribution in [2.24, 2.45) is 28.7 Å². The molecule has 0 radical (unpaired) electrons. The molecule has 5 saturated carbocycles. The molecule has 0 unspecified atom stereocenters. The summed E-state index contributed by atoms with van der Waals surface area (Å²) in [5.41, 5.74) is 3.47. The summed E-state index contributed by atoms with van der Waals surface area (Å²) >= 11 is 0. The molecule has 5 aliphatic carbocycles. The summed E-state index contributed by atoms with van der Waals surface area (Å²) in [4.78, 5) is 4.85. The van der Waals surface area contributed by atoms with Gasteiger partial charge in [0.05, 0.1) is 0 Å². The molecule has 0 atom stereocenters. The summed E-state index contributed by atoms with van der Waals surface area (Å²) in [5.74, 6) is 4.70. The fourth-order valence-electron chi connectivity index (χ4n) is 7.04. The third kappa shape index (κ3) is 3.00. The summed E-state index contributed by atoms with van der Waals surface area (Å²) < 4.78 is 0. The van der Waals surface area contributed by atoms with E-state index in [-0.39, 0.29) is 0 Å². The number of aliphatic imine (C=N–C) groups is 1. The molecule has 2 heteroatoms. The zero-order chi connectivity index (χ0) is 17.7.